The first kappa shape index (κ1) is 18.0. The van der Waals surface area contributed by atoms with Crippen molar-refractivity contribution in [3.05, 3.63) is 59.7 Å². The van der Waals surface area contributed by atoms with E-state index in [0.29, 0.717) is 24.4 Å². The van der Waals surface area contributed by atoms with Crippen molar-refractivity contribution in [2.75, 3.05) is 18.5 Å². The molecule has 2 aromatic rings. The molecule has 0 aliphatic carbocycles. The molecule has 5 nitrogen and oxygen atoms in total. The third kappa shape index (κ3) is 3.72. The summed E-state index contributed by atoms with van der Waals surface area (Å²) in [7, 11) is 1.76. The van der Waals surface area contributed by atoms with Gasteiger partial charge in [-0.3, -0.25) is 14.5 Å². The highest BCUT2D eigenvalue weighted by Gasteiger charge is 2.34. The van der Waals surface area contributed by atoms with Crippen molar-refractivity contribution in [1.29, 1.82) is 0 Å². The molecule has 26 heavy (non-hydrogen) atoms. The van der Waals surface area contributed by atoms with Gasteiger partial charge in [0.1, 0.15) is 12.3 Å². The predicted molar refractivity (Wildman–Crippen MR) is 101 cm³/mol. The summed E-state index contributed by atoms with van der Waals surface area (Å²) in [5.41, 5.74) is 2.74. The largest absolute Gasteiger partial charge is 0.478 e. The highest BCUT2D eigenvalue weighted by molar-refractivity contribution is 6.03. The van der Waals surface area contributed by atoms with E-state index in [1.807, 2.05) is 62.4 Å². The summed E-state index contributed by atoms with van der Waals surface area (Å²) in [6.07, 6.45) is 0.0221. The summed E-state index contributed by atoms with van der Waals surface area (Å²) >= 11 is 0. The van der Waals surface area contributed by atoms with E-state index in [2.05, 4.69) is 0 Å². The SMILES string of the molecule is CC[C@@H]1Oc2ccc(C)cc2N(CC(=O)N(C)Cc2ccccc2)C1=O. The third-order valence-electron chi connectivity index (χ3n) is 4.57. The van der Waals surface area contributed by atoms with E-state index < -0.39 is 6.10 Å². The number of hydrogen-bond acceptors (Lipinski definition) is 3. The Balaban J connectivity index is 1.80. The Kier molecular flexibility index (Phi) is 5.26. The zero-order chi connectivity index (χ0) is 18.7. The molecule has 0 spiro atoms. The van der Waals surface area contributed by atoms with E-state index in [1.54, 1.807) is 16.8 Å². The lowest BCUT2D eigenvalue weighted by atomic mass is 10.1. The Morgan fingerprint density at radius 1 is 1.19 bits per heavy atom. The molecule has 1 aliphatic heterocycles. The second kappa shape index (κ2) is 7.60. The van der Waals surface area contributed by atoms with Gasteiger partial charge in [0.25, 0.3) is 5.91 Å². The second-order valence-electron chi connectivity index (χ2n) is 6.65. The first-order valence-corrected chi connectivity index (χ1v) is 8.86. The molecule has 0 saturated heterocycles. The lowest BCUT2D eigenvalue weighted by Gasteiger charge is -2.34. The smallest absolute Gasteiger partial charge is 0.268 e. The number of amides is 2. The van der Waals surface area contributed by atoms with Crippen molar-refractivity contribution in [1.82, 2.24) is 4.90 Å². The van der Waals surface area contributed by atoms with E-state index in [9.17, 15) is 9.59 Å². The van der Waals surface area contributed by atoms with Crippen molar-refractivity contribution in [2.45, 2.75) is 32.9 Å². The summed E-state index contributed by atoms with van der Waals surface area (Å²) in [4.78, 5) is 28.7. The zero-order valence-corrected chi connectivity index (χ0v) is 15.4. The van der Waals surface area contributed by atoms with Gasteiger partial charge >= 0.3 is 0 Å². The summed E-state index contributed by atoms with van der Waals surface area (Å²) in [6.45, 7) is 4.38. The van der Waals surface area contributed by atoms with E-state index in [4.69, 9.17) is 4.74 Å². The van der Waals surface area contributed by atoms with Crippen LogP contribution in [0.25, 0.3) is 0 Å². The molecule has 3 rings (SSSR count). The third-order valence-corrected chi connectivity index (χ3v) is 4.57. The highest BCUT2D eigenvalue weighted by atomic mass is 16.5. The standard InChI is InChI=1S/C21H24N2O3/c1-4-18-21(25)23(17-12-15(2)10-11-19(17)26-18)14-20(24)22(3)13-16-8-6-5-7-9-16/h5-12,18H,4,13-14H2,1-3H3/t18-/m0/s1. The normalized spacial score (nSPS) is 16.0. The van der Waals surface area contributed by atoms with E-state index >= 15 is 0 Å². The lowest BCUT2D eigenvalue weighted by Crippen LogP contribution is -2.49. The molecule has 1 atom stereocenters. The minimum Gasteiger partial charge on any atom is -0.478 e. The minimum absolute atomic E-state index is 0.0124. The molecule has 0 radical (unpaired) electrons. The number of rotatable bonds is 5. The van der Waals surface area contributed by atoms with Crippen LogP contribution in [0.15, 0.2) is 48.5 Å². The van der Waals surface area contributed by atoms with Crippen LogP contribution < -0.4 is 9.64 Å². The number of nitrogens with zero attached hydrogens (tertiary/aromatic N) is 2. The first-order chi connectivity index (χ1) is 12.5. The van der Waals surface area contributed by atoms with Gasteiger partial charge in [-0.2, -0.15) is 0 Å². The average Bonchev–Trinajstić information content (AvgIpc) is 2.64. The molecule has 0 saturated carbocycles. The Morgan fingerprint density at radius 3 is 2.62 bits per heavy atom. The summed E-state index contributed by atoms with van der Waals surface area (Å²) in [5, 5.41) is 0. The molecule has 2 amide bonds. The molecular weight excluding hydrogens is 328 g/mol. The Morgan fingerprint density at radius 2 is 1.92 bits per heavy atom. The van der Waals surface area contributed by atoms with Crippen LogP contribution in [0.3, 0.4) is 0 Å². The monoisotopic (exact) mass is 352 g/mol. The van der Waals surface area contributed by atoms with E-state index in [0.717, 1.165) is 11.1 Å². The number of fused-ring (bicyclic) bond motifs is 1. The van der Waals surface area contributed by atoms with E-state index in [-0.39, 0.29) is 18.4 Å². The fraction of sp³-hybridized carbons (Fsp3) is 0.333. The van der Waals surface area contributed by atoms with Gasteiger partial charge in [-0.15, -0.1) is 0 Å². The van der Waals surface area contributed by atoms with Gasteiger partial charge in [-0.25, -0.2) is 0 Å². The molecular formula is C21H24N2O3. The van der Waals surface area contributed by atoms with Crippen LogP contribution in [0.4, 0.5) is 5.69 Å². The molecule has 0 N–H and O–H groups in total. The van der Waals surface area contributed by atoms with Crippen LogP contribution in [-0.2, 0) is 16.1 Å². The number of aryl methyl sites for hydroxylation is 1. The first-order valence-electron chi connectivity index (χ1n) is 8.86. The molecule has 136 valence electrons. The number of ether oxygens (including phenoxy) is 1. The molecule has 0 fully saturated rings. The zero-order valence-electron chi connectivity index (χ0n) is 15.4. The van der Waals surface area contributed by atoms with Crippen LogP contribution in [0.2, 0.25) is 0 Å². The minimum atomic E-state index is -0.544. The molecule has 5 heteroatoms. The number of carbonyl (C=O) groups is 2. The van der Waals surface area contributed by atoms with Crippen molar-refractivity contribution < 1.29 is 14.3 Å². The number of anilines is 1. The molecule has 2 aromatic carbocycles. The van der Waals surface area contributed by atoms with Crippen LogP contribution >= 0.6 is 0 Å². The quantitative estimate of drug-likeness (QED) is 0.830. The molecule has 0 aromatic heterocycles. The van der Waals surface area contributed by atoms with Crippen LogP contribution in [0.5, 0.6) is 5.75 Å². The number of benzene rings is 2. The summed E-state index contributed by atoms with van der Waals surface area (Å²) in [6, 6.07) is 15.5. The van der Waals surface area contributed by atoms with Crippen molar-refractivity contribution in [2.24, 2.45) is 0 Å². The maximum absolute atomic E-state index is 12.8. The highest BCUT2D eigenvalue weighted by Crippen LogP contribution is 2.35. The van der Waals surface area contributed by atoms with Crippen molar-refractivity contribution >= 4 is 17.5 Å². The van der Waals surface area contributed by atoms with Gasteiger partial charge in [0.15, 0.2) is 6.10 Å². The van der Waals surface area contributed by atoms with Gasteiger partial charge < -0.3 is 9.64 Å². The van der Waals surface area contributed by atoms with Gasteiger partial charge in [-0.1, -0.05) is 43.3 Å². The Hall–Kier alpha value is -2.82. The van der Waals surface area contributed by atoms with Gasteiger partial charge in [0.2, 0.25) is 5.91 Å². The Labute approximate surface area is 154 Å². The van der Waals surface area contributed by atoms with Crippen molar-refractivity contribution in [3.63, 3.8) is 0 Å². The van der Waals surface area contributed by atoms with Gasteiger partial charge in [0, 0.05) is 13.6 Å². The average molecular weight is 352 g/mol. The second-order valence-corrected chi connectivity index (χ2v) is 6.65. The summed E-state index contributed by atoms with van der Waals surface area (Å²) < 4.78 is 5.80. The van der Waals surface area contributed by atoms with Gasteiger partial charge in [0.05, 0.1) is 5.69 Å². The van der Waals surface area contributed by atoms with Crippen LogP contribution in [-0.4, -0.2) is 36.4 Å². The number of hydrogen-bond donors (Lipinski definition) is 0. The lowest BCUT2D eigenvalue weighted by molar-refractivity contribution is -0.133. The van der Waals surface area contributed by atoms with Crippen molar-refractivity contribution in [3.8, 4) is 5.75 Å². The Bertz CT molecular complexity index is 804. The number of carbonyl (C=O) groups excluding carboxylic acids is 2. The molecule has 1 aliphatic rings. The van der Waals surface area contributed by atoms with E-state index in [1.165, 1.54) is 0 Å². The number of likely N-dealkylation sites (N-methyl/N-ethyl adjacent to an activating group) is 1. The maximum Gasteiger partial charge on any atom is 0.268 e. The van der Waals surface area contributed by atoms with Gasteiger partial charge in [-0.05, 0) is 36.6 Å². The maximum atomic E-state index is 12.8. The topological polar surface area (TPSA) is 49.9 Å². The summed E-state index contributed by atoms with van der Waals surface area (Å²) in [5.74, 6) is 0.388. The fourth-order valence-electron chi connectivity index (χ4n) is 3.06. The van der Waals surface area contributed by atoms with Crippen LogP contribution in [0.1, 0.15) is 24.5 Å². The fourth-order valence-corrected chi connectivity index (χ4v) is 3.06. The van der Waals surface area contributed by atoms with Crippen LogP contribution in [0, 0.1) is 6.92 Å². The predicted octanol–water partition coefficient (Wildman–Crippen LogP) is 3.16. The molecule has 0 unspecified atom stereocenters. The molecule has 0 bridgehead atoms. The molecule has 1 heterocycles.